The Morgan fingerprint density at radius 1 is 1.27 bits per heavy atom. The standard InChI is InChI=1S/C19H26F2N2O3/c1-13(2)26-11-3-8-22-18(24)14-6-9-23(10-7-14)19(25)16-5-4-15(20)12-17(16)21/h4-5,12-14H,3,6-11H2,1-2H3,(H,22,24). The van der Waals surface area contributed by atoms with Crippen molar-refractivity contribution in [3.8, 4) is 0 Å². The van der Waals surface area contributed by atoms with E-state index in [-0.39, 0.29) is 23.5 Å². The molecule has 144 valence electrons. The van der Waals surface area contributed by atoms with E-state index < -0.39 is 17.5 Å². The third kappa shape index (κ3) is 5.76. The van der Waals surface area contributed by atoms with Crippen LogP contribution < -0.4 is 5.32 Å². The van der Waals surface area contributed by atoms with Crippen LogP contribution in [-0.2, 0) is 9.53 Å². The molecule has 2 amide bonds. The van der Waals surface area contributed by atoms with Crippen LogP contribution in [0.1, 0.15) is 43.5 Å². The highest BCUT2D eigenvalue weighted by Gasteiger charge is 2.28. The van der Waals surface area contributed by atoms with Crippen molar-refractivity contribution in [2.24, 2.45) is 5.92 Å². The van der Waals surface area contributed by atoms with Gasteiger partial charge in [-0.2, -0.15) is 0 Å². The minimum Gasteiger partial charge on any atom is -0.379 e. The molecule has 0 aromatic heterocycles. The Bertz CT molecular complexity index is 629. The fourth-order valence-corrected chi connectivity index (χ4v) is 2.93. The van der Waals surface area contributed by atoms with E-state index in [1.807, 2.05) is 13.8 Å². The molecule has 0 aliphatic carbocycles. The second-order valence-electron chi connectivity index (χ2n) is 6.75. The molecule has 1 saturated heterocycles. The summed E-state index contributed by atoms with van der Waals surface area (Å²) < 4.78 is 32.1. The maximum Gasteiger partial charge on any atom is 0.256 e. The van der Waals surface area contributed by atoms with Crippen molar-refractivity contribution < 1.29 is 23.1 Å². The molecule has 1 fully saturated rings. The number of nitrogens with zero attached hydrogens (tertiary/aromatic N) is 1. The molecule has 1 N–H and O–H groups in total. The molecule has 0 spiro atoms. The minimum absolute atomic E-state index is 0.0189. The molecule has 1 heterocycles. The normalized spacial score (nSPS) is 15.3. The van der Waals surface area contributed by atoms with Gasteiger partial charge in [-0.3, -0.25) is 9.59 Å². The number of rotatable bonds is 7. The Kier molecular flexibility index (Phi) is 7.50. The second-order valence-corrected chi connectivity index (χ2v) is 6.75. The smallest absolute Gasteiger partial charge is 0.256 e. The minimum atomic E-state index is -0.863. The molecular formula is C19H26F2N2O3. The number of benzene rings is 1. The van der Waals surface area contributed by atoms with Crippen LogP contribution in [0.15, 0.2) is 18.2 Å². The van der Waals surface area contributed by atoms with Gasteiger partial charge in [-0.1, -0.05) is 0 Å². The van der Waals surface area contributed by atoms with Gasteiger partial charge >= 0.3 is 0 Å². The predicted octanol–water partition coefficient (Wildman–Crippen LogP) is 2.75. The molecule has 0 unspecified atom stereocenters. The molecule has 0 radical (unpaired) electrons. The summed E-state index contributed by atoms with van der Waals surface area (Å²) in [5, 5.41) is 2.89. The van der Waals surface area contributed by atoms with Crippen molar-refractivity contribution in [2.45, 2.75) is 39.2 Å². The van der Waals surface area contributed by atoms with E-state index in [9.17, 15) is 18.4 Å². The summed E-state index contributed by atoms with van der Waals surface area (Å²) >= 11 is 0. The van der Waals surface area contributed by atoms with Crippen molar-refractivity contribution in [3.63, 3.8) is 0 Å². The number of nitrogens with one attached hydrogen (secondary N) is 1. The van der Waals surface area contributed by atoms with Gasteiger partial charge in [0.1, 0.15) is 11.6 Å². The van der Waals surface area contributed by atoms with E-state index in [0.29, 0.717) is 45.1 Å². The number of amides is 2. The first-order valence-electron chi connectivity index (χ1n) is 9.02. The van der Waals surface area contributed by atoms with E-state index >= 15 is 0 Å². The molecule has 1 aromatic carbocycles. The molecule has 0 bridgehead atoms. The molecule has 1 aromatic rings. The van der Waals surface area contributed by atoms with Crippen molar-refractivity contribution in [1.29, 1.82) is 0 Å². The molecule has 0 atom stereocenters. The van der Waals surface area contributed by atoms with Gasteiger partial charge in [0, 0.05) is 38.2 Å². The first-order valence-corrected chi connectivity index (χ1v) is 9.02. The van der Waals surface area contributed by atoms with Crippen LogP contribution in [0, 0.1) is 17.6 Å². The van der Waals surface area contributed by atoms with Gasteiger partial charge < -0.3 is 15.0 Å². The number of carbonyl (C=O) groups excluding carboxylic acids is 2. The Balaban J connectivity index is 1.76. The molecule has 7 heteroatoms. The largest absolute Gasteiger partial charge is 0.379 e. The summed E-state index contributed by atoms with van der Waals surface area (Å²) in [6.45, 7) is 5.85. The summed E-state index contributed by atoms with van der Waals surface area (Å²) in [5.74, 6) is -2.21. The summed E-state index contributed by atoms with van der Waals surface area (Å²) in [7, 11) is 0. The highest BCUT2D eigenvalue weighted by molar-refractivity contribution is 5.94. The lowest BCUT2D eigenvalue weighted by atomic mass is 9.95. The Labute approximate surface area is 152 Å². The van der Waals surface area contributed by atoms with Gasteiger partial charge in [0.25, 0.3) is 5.91 Å². The van der Waals surface area contributed by atoms with Crippen LogP contribution in [-0.4, -0.2) is 49.1 Å². The quantitative estimate of drug-likeness (QED) is 0.753. The lowest BCUT2D eigenvalue weighted by Gasteiger charge is -2.31. The Hall–Kier alpha value is -2.02. The van der Waals surface area contributed by atoms with E-state index in [1.54, 1.807) is 0 Å². The first kappa shape index (κ1) is 20.3. The number of hydrogen-bond donors (Lipinski definition) is 1. The van der Waals surface area contributed by atoms with Gasteiger partial charge in [0.15, 0.2) is 0 Å². The maximum atomic E-state index is 13.8. The highest BCUT2D eigenvalue weighted by atomic mass is 19.1. The predicted molar refractivity (Wildman–Crippen MR) is 93.7 cm³/mol. The molecule has 1 aliphatic rings. The van der Waals surface area contributed by atoms with Crippen LogP contribution in [0.2, 0.25) is 0 Å². The molecule has 5 nitrogen and oxygen atoms in total. The average molecular weight is 368 g/mol. The number of hydrogen-bond acceptors (Lipinski definition) is 3. The summed E-state index contributed by atoms with van der Waals surface area (Å²) in [6.07, 6.45) is 2.00. The fraction of sp³-hybridized carbons (Fsp3) is 0.579. The Morgan fingerprint density at radius 2 is 1.96 bits per heavy atom. The van der Waals surface area contributed by atoms with Gasteiger partial charge in [-0.05, 0) is 45.2 Å². The van der Waals surface area contributed by atoms with Crippen molar-refractivity contribution in [3.05, 3.63) is 35.4 Å². The lowest BCUT2D eigenvalue weighted by Crippen LogP contribution is -2.43. The monoisotopic (exact) mass is 368 g/mol. The topological polar surface area (TPSA) is 58.6 Å². The summed E-state index contributed by atoms with van der Waals surface area (Å²) in [6, 6.07) is 2.93. The number of halogens is 2. The zero-order valence-corrected chi connectivity index (χ0v) is 15.3. The SMILES string of the molecule is CC(C)OCCCNC(=O)C1CCN(C(=O)c2ccc(F)cc2F)CC1. The van der Waals surface area contributed by atoms with Gasteiger partial charge in [0.05, 0.1) is 11.7 Å². The van der Waals surface area contributed by atoms with Gasteiger partial charge in [-0.15, -0.1) is 0 Å². The number of carbonyl (C=O) groups is 2. The molecule has 0 saturated carbocycles. The highest BCUT2D eigenvalue weighted by Crippen LogP contribution is 2.20. The fourth-order valence-electron chi connectivity index (χ4n) is 2.93. The van der Waals surface area contributed by atoms with E-state index in [1.165, 1.54) is 4.90 Å². The number of likely N-dealkylation sites (tertiary alicyclic amines) is 1. The lowest BCUT2D eigenvalue weighted by molar-refractivity contribution is -0.126. The molecule has 2 rings (SSSR count). The van der Waals surface area contributed by atoms with E-state index in [0.717, 1.165) is 18.6 Å². The average Bonchev–Trinajstić information content (AvgIpc) is 2.60. The summed E-state index contributed by atoms with van der Waals surface area (Å²) in [4.78, 5) is 26.0. The molecule has 1 aliphatic heterocycles. The van der Waals surface area contributed by atoms with Gasteiger partial charge in [0.2, 0.25) is 5.91 Å². The first-order chi connectivity index (χ1) is 12.4. The second kappa shape index (κ2) is 9.62. The zero-order valence-electron chi connectivity index (χ0n) is 15.3. The van der Waals surface area contributed by atoms with E-state index in [2.05, 4.69) is 5.32 Å². The molecule has 26 heavy (non-hydrogen) atoms. The number of ether oxygens (including phenoxy) is 1. The third-order valence-electron chi connectivity index (χ3n) is 4.39. The number of piperidine rings is 1. The third-order valence-corrected chi connectivity index (χ3v) is 4.39. The van der Waals surface area contributed by atoms with Crippen LogP contribution in [0.4, 0.5) is 8.78 Å². The van der Waals surface area contributed by atoms with Crippen molar-refractivity contribution in [2.75, 3.05) is 26.2 Å². The summed E-state index contributed by atoms with van der Waals surface area (Å²) in [5.41, 5.74) is -0.139. The van der Waals surface area contributed by atoms with Crippen LogP contribution in [0.3, 0.4) is 0 Å². The molecular weight excluding hydrogens is 342 g/mol. The van der Waals surface area contributed by atoms with Crippen molar-refractivity contribution in [1.82, 2.24) is 10.2 Å². The zero-order chi connectivity index (χ0) is 19.1. The van der Waals surface area contributed by atoms with Crippen LogP contribution in [0.25, 0.3) is 0 Å². The van der Waals surface area contributed by atoms with E-state index in [4.69, 9.17) is 4.74 Å². The Morgan fingerprint density at radius 3 is 2.58 bits per heavy atom. The maximum absolute atomic E-state index is 13.8. The van der Waals surface area contributed by atoms with Gasteiger partial charge in [-0.25, -0.2) is 8.78 Å². The van der Waals surface area contributed by atoms with Crippen LogP contribution in [0.5, 0.6) is 0 Å². The van der Waals surface area contributed by atoms with Crippen LogP contribution >= 0.6 is 0 Å². The van der Waals surface area contributed by atoms with Crippen molar-refractivity contribution >= 4 is 11.8 Å².